The van der Waals surface area contributed by atoms with Crippen LogP contribution in [0.1, 0.15) is 26.7 Å². The number of hydrogen-bond acceptors (Lipinski definition) is 3. The molecule has 1 atom stereocenters. The van der Waals surface area contributed by atoms with E-state index in [1.54, 1.807) is 6.08 Å². The highest BCUT2D eigenvalue weighted by atomic mass is 16.5. The van der Waals surface area contributed by atoms with E-state index in [1.807, 2.05) is 31.2 Å². The fourth-order valence-corrected chi connectivity index (χ4v) is 2.18. The van der Waals surface area contributed by atoms with Gasteiger partial charge in [-0.05, 0) is 43.5 Å². The van der Waals surface area contributed by atoms with Crippen molar-refractivity contribution in [2.75, 3.05) is 11.9 Å². The van der Waals surface area contributed by atoms with Crippen molar-refractivity contribution in [3.63, 3.8) is 0 Å². The summed E-state index contributed by atoms with van der Waals surface area (Å²) in [6.07, 6.45) is 3.31. The lowest BCUT2D eigenvalue weighted by atomic mass is 9.93. The predicted octanol–water partition coefficient (Wildman–Crippen LogP) is 3.38. The molecule has 0 bridgehead atoms. The molecule has 1 aliphatic rings. The largest absolute Gasteiger partial charge is 0.494 e. The molecule has 18 heavy (non-hydrogen) atoms. The zero-order valence-electron chi connectivity index (χ0n) is 10.9. The van der Waals surface area contributed by atoms with Gasteiger partial charge in [0.2, 0.25) is 0 Å². The van der Waals surface area contributed by atoms with Crippen LogP contribution in [0.2, 0.25) is 0 Å². The van der Waals surface area contributed by atoms with Crippen molar-refractivity contribution < 1.29 is 9.53 Å². The number of carbonyl (C=O) groups excluding carboxylic acids is 1. The van der Waals surface area contributed by atoms with Gasteiger partial charge < -0.3 is 10.1 Å². The Morgan fingerprint density at radius 1 is 1.28 bits per heavy atom. The predicted molar refractivity (Wildman–Crippen MR) is 72.7 cm³/mol. The van der Waals surface area contributed by atoms with Gasteiger partial charge in [0, 0.05) is 23.9 Å². The second-order valence-electron chi connectivity index (χ2n) is 4.73. The summed E-state index contributed by atoms with van der Waals surface area (Å²) in [6.45, 7) is 4.74. The highest BCUT2D eigenvalue weighted by Crippen LogP contribution is 2.24. The number of benzene rings is 1. The molecule has 0 saturated carbocycles. The average molecular weight is 245 g/mol. The van der Waals surface area contributed by atoms with Crippen molar-refractivity contribution in [3.05, 3.63) is 36.0 Å². The molecule has 0 spiro atoms. The van der Waals surface area contributed by atoms with Gasteiger partial charge in [0.15, 0.2) is 5.78 Å². The number of hydrogen-bond donors (Lipinski definition) is 1. The second kappa shape index (κ2) is 5.71. The topological polar surface area (TPSA) is 38.3 Å². The van der Waals surface area contributed by atoms with Crippen LogP contribution in [-0.2, 0) is 4.79 Å². The lowest BCUT2D eigenvalue weighted by Crippen LogP contribution is -2.15. The van der Waals surface area contributed by atoms with Crippen LogP contribution in [0.3, 0.4) is 0 Å². The van der Waals surface area contributed by atoms with E-state index in [4.69, 9.17) is 4.74 Å². The van der Waals surface area contributed by atoms with E-state index in [2.05, 4.69) is 12.2 Å². The van der Waals surface area contributed by atoms with Gasteiger partial charge in [-0.3, -0.25) is 4.79 Å². The maximum atomic E-state index is 11.5. The zero-order chi connectivity index (χ0) is 13.0. The van der Waals surface area contributed by atoms with Crippen LogP contribution >= 0.6 is 0 Å². The number of nitrogens with one attached hydrogen (secondary N) is 1. The molecule has 0 fully saturated rings. The monoisotopic (exact) mass is 245 g/mol. The molecule has 0 aromatic heterocycles. The number of carbonyl (C=O) groups is 1. The third-order valence-electron chi connectivity index (χ3n) is 2.92. The summed E-state index contributed by atoms with van der Waals surface area (Å²) < 4.78 is 5.39. The Labute approximate surface area is 108 Å². The zero-order valence-corrected chi connectivity index (χ0v) is 10.9. The van der Waals surface area contributed by atoms with Gasteiger partial charge in [-0.15, -0.1) is 0 Å². The first-order valence-corrected chi connectivity index (χ1v) is 6.40. The molecule has 0 aliphatic heterocycles. The third-order valence-corrected chi connectivity index (χ3v) is 2.92. The average Bonchev–Trinajstić information content (AvgIpc) is 2.31. The normalized spacial score (nSPS) is 19.3. The summed E-state index contributed by atoms with van der Waals surface area (Å²) in [4.78, 5) is 11.5. The Balaban J connectivity index is 2.03. The van der Waals surface area contributed by atoms with Crippen molar-refractivity contribution in [1.82, 2.24) is 0 Å². The van der Waals surface area contributed by atoms with Crippen LogP contribution in [0.4, 0.5) is 5.69 Å². The lowest BCUT2D eigenvalue weighted by Gasteiger charge is -2.19. The maximum absolute atomic E-state index is 11.5. The Hall–Kier alpha value is -1.77. The summed E-state index contributed by atoms with van der Waals surface area (Å²) in [7, 11) is 0. The SMILES string of the molecule is CCOc1ccc(NC2=CC(=O)CC(C)C2)cc1. The van der Waals surface area contributed by atoms with Crippen LogP contribution < -0.4 is 10.1 Å². The fourth-order valence-electron chi connectivity index (χ4n) is 2.18. The first-order chi connectivity index (χ1) is 8.67. The molecule has 3 nitrogen and oxygen atoms in total. The Kier molecular flexibility index (Phi) is 4.03. The standard InChI is InChI=1S/C15H19NO2/c1-3-18-15-6-4-12(5-7-15)16-13-8-11(2)9-14(17)10-13/h4-7,10-11,16H,3,8-9H2,1-2H3. The van der Waals surface area contributed by atoms with Crippen LogP contribution in [0.25, 0.3) is 0 Å². The van der Waals surface area contributed by atoms with Crippen molar-refractivity contribution in [1.29, 1.82) is 0 Å². The van der Waals surface area contributed by atoms with E-state index in [9.17, 15) is 4.79 Å². The molecule has 3 heteroatoms. The molecule has 0 heterocycles. The molecule has 1 unspecified atom stereocenters. The van der Waals surface area contributed by atoms with Crippen LogP contribution in [0.15, 0.2) is 36.0 Å². The lowest BCUT2D eigenvalue weighted by molar-refractivity contribution is -0.115. The molecule has 96 valence electrons. The minimum atomic E-state index is 0.210. The maximum Gasteiger partial charge on any atom is 0.157 e. The van der Waals surface area contributed by atoms with Crippen LogP contribution in [0.5, 0.6) is 5.75 Å². The molecule has 0 saturated heterocycles. The van der Waals surface area contributed by atoms with Gasteiger partial charge >= 0.3 is 0 Å². The summed E-state index contributed by atoms with van der Waals surface area (Å²) in [5, 5.41) is 3.30. The highest BCUT2D eigenvalue weighted by Gasteiger charge is 2.16. The molecular weight excluding hydrogens is 226 g/mol. The molecular formula is C15H19NO2. The molecule has 1 aromatic rings. The number of ether oxygens (including phenoxy) is 1. The van der Waals surface area contributed by atoms with Crippen LogP contribution in [0, 0.1) is 5.92 Å². The number of ketones is 1. The Morgan fingerprint density at radius 3 is 2.61 bits per heavy atom. The van der Waals surface area contributed by atoms with Crippen molar-refractivity contribution in [2.45, 2.75) is 26.7 Å². The molecule has 0 amide bonds. The van der Waals surface area contributed by atoms with Gasteiger partial charge in [-0.1, -0.05) is 6.92 Å². The van der Waals surface area contributed by atoms with Crippen LogP contribution in [-0.4, -0.2) is 12.4 Å². The summed E-state index contributed by atoms with van der Waals surface area (Å²) in [5.74, 6) is 1.50. The van der Waals surface area contributed by atoms with Crippen molar-refractivity contribution >= 4 is 11.5 Å². The minimum absolute atomic E-state index is 0.210. The number of rotatable bonds is 4. The Morgan fingerprint density at radius 2 is 2.00 bits per heavy atom. The van der Waals surface area contributed by atoms with Gasteiger partial charge in [0.05, 0.1) is 6.61 Å². The number of allylic oxidation sites excluding steroid dienone is 2. The van der Waals surface area contributed by atoms with E-state index in [1.165, 1.54) is 0 Å². The summed E-state index contributed by atoms with van der Waals surface area (Å²) in [5.41, 5.74) is 1.99. The minimum Gasteiger partial charge on any atom is -0.494 e. The van der Waals surface area contributed by atoms with E-state index in [0.29, 0.717) is 18.9 Å². The quantitative estimate of drug-likeness (QED) is 0.883. The van der Waals surface area contributed by atoms with Gasteiger partial charge in [-0.2, -0.15) is 0 Å². The van der Waals surface area contributed by atoms with Gasteiger partial charge in [0.25, 0.3) is 0 Å². The van der Waals surface area contributed by atoms with E-state index in [0.717, 1.165) is 23.6 Å². The molecule has 2 rings (SSSR count). The summed E-state index contributed by atoms with van der Waals surface area (Å²) >= 11 is 0. The number of anilines is 1. The first kappa shape index (κ1) is 12.7. The summed E-state index contributed by atoms with van der Waals surface area (Å²) in [6, 6.07) is 7.80. The van der Waals surface area contributed by atoms with Crippen molar-refractivity contribution in [2.24, 2.45) is 5.92 Å². The molecule has 1 aromatic carbocycles. The molecule has 1 N–H and O–H groups in total. The third kappa shape index (κ3) is 3.36. The van der Waals surface area contributed by atoms with Gasteiger partial charge in [0.1, 0.15) is 5.75 Å². The van der Waals surface area contributed by atoms with Gasteiger partial charge in [-0.25, -0.2) is 0 Å². The molecule has 1 aliphatic carbocycles. The fraction of sp³-hybridized carbons (Fsp3) is 0.400. The second-order valence-corrected chi connectivity index (χ2v) is 4.73. The van der Waals surface area contributed by atoms with E-state index < -0.39 is 0 Å². The highest BCUT2D eigenvalue weighted by molar-refractivity contribution is 5.91. The van der Waals surface area contributed by atoms with E-state index in [-0.39, 0.29) is 5.78 Å². The van der Waals surface area contributed by atoms with E-state index >= 15 is 0 Å². The smallest absolute Gasteiger partial charge is 0.157 e. The van der Waals surface area contributed by atoms with Crippen molar-refractivity contribution in [3.8, 4) is 5.75 Å². The first-order valence-electron chi connectivity index (χ1n) is 6.40. The Bertz CT molecular complexity index is 448. The molecule has 0 radical (unpaired) electrons.